The molecular formula is C16H17N7O2S. The van der Waals surface area contributed by atoms with Gasteiger partial charge in [-0.3, -0.25) is 9.59 Å². The maximum Gasteiger partial charge on any atom is 0.239 e. The highest BCUT2D eigenvalue weighted by Crippen LogP contribution is 2.25. The van der Waals surface area contributed by atoms with Crippen LogP contribution in [0.15, 0.2) is 35.3 Å². The molecule has 134 valence electrons. The number of fused-ring (bicyclic) bond motifs is 1. The number of rotatable bonds is 5. The minimum Gasteiger partial charge on any atom is -0.360 e. The Hall–Kier alpha value is -3.01. The predicted molar refractivity (Wildman–Crippen MR) is 95.6 cm³/mol. The highest BCUT2D eigenvalue weighted by atomic mass is 32.1. The summed E-state index contributed by atoms with van der Waals surface area (Å²) < 4.78 is 1.53. The first-order valence-electron chi connectivity index (χ1n) is 8.21. The number of hydrogen-bond donors (Lipinski definition) is 3. The standard InChI is InChI=1S/C16H17N7O2S/c24-14-4-1-11(16(20-14)10-5-6-26-8-10)19-15(25)7-17-12-2-3-13-21-18-9-23(13)22-12/h2-3,5-6,8-9,11,16H,1,4,7H2,(H,17,22)(H,19,25)(H,20,24)/t11-,16+/m1/s1. The molecular weight excluding hydrogens is 354 g/mol. The zero-order valence-corrected chi connectivity index (χ0v) is 14.6. The normalized spacial score (nSPS) is 19.9. The highest BCUT2D eigenvalue weighted by Gasteiger charge is 2.31. The third-order valence-electron chi connectivity index (χ3n) is 4.24. The lowest BCUT2D eigenvalue weighted by atomic mass is 9.93. The third-order valence-corrected chi connectivity index (χ3v) is 4.94. The van der Waals surface area contributed by atoms with Crippen molar-refractivity contribution in [2.75, 3.05) is 11.9 Å². The average molecular weight is 371 g/mol. The van der Waals surface area contributed by atoms with Crippen LogP contribution >= 0.6 is 11.3 Å². The van der Waals surface area contributed by atoms with Crippen LogP contribution in [-0.4, -0.2) is 44.2 Å². The Labute approximate surface area is 152 Å². The number of nitrogens with zero attached hydrogens (tertiary/aromatic N) is 4. The van der Waals surface area contributed by atoms with Gasteiger partial charge in [0.25, 0.3) is 0 Å². The maximum absolute atomic E-state index is 12.4. The number of amides is 2. The van der Waals surface area contributed by atoms with Crippen molar-refractivity contribution in [3.05, 3.63) is 40.8 Å². The van der Waals surface area contributed by atoms with Gasteiger partial charge in [0, 0.05) is 6.42 Å². The molecule has 26 heavy (non-hydrogen) atoms. The van der Waals surface area contributed by atoms with E-state index in [1.165, 1.54) is 10.8 Å². The molecule has 0 aromatic carbocycles. The topological polar surface area (TPSA) is 113 Å². The number of hydrogen-bond acceptors (Lipinski definition) is 7. The largest absolute Gasteiger partial charge is 0.360 e. The van der Waals surface area contributed by atoms with Crippen molar-refractivity contribution in [1.82, 2.24) is 30.4 Å². The number of thiophene rings is 1. The van der Waals surface area contributed by atoms with Crippen LogP contribution in [0.3, 0.4) is 0 Å². The minimum atomic E-state index is -0.196. The predicted octanol–water partition coefficient (Wildman–Crippen LogP) is 0.734. The molecule has 10 heteroatoms. The number of nitrogens with one attached hydrogen (secondary N) is 3. The molecule has 4 heterocycles. The van der Waals surface area contributed by atoms with Gasteiger partial charge in [-0.05, 0) is 40.9 Å². The SMILES string of the molecule is O=C(CNc1ccc2nncn2n1)N[C@@H]1CCC(=O)N[C@H]1c1ccsc1. The summed E-state index contributed by atoms with van der Waals surface area (Å²) in [4.78, 5) is 24.1. The molecule has 1 aliphatic rings. The van der Waals surface area contributed by atoms with E-state index in [9.17, 15) is 9.59 Å². The fraction of sp³-hybridized carbons (Fsp3) is 0.312. The molecule has 0 radical (unpaired) electrons. The smallest absolute Gasteiger partial charge is 0.239 e. The first kappa shape index (κ1) is 16.5. The molecule has 3 aromatic heterocycles. The summed E-state index contributed by atoms with van der Waals surface area (Å²) in [5.41, 5.74) is 1.65. The van der Waals surface area contributed by atoms with E-state index in [1.54, 1.807) is 23.5 Å². The van der Waals surface area contributed by atoms with Crippen LogP contribution in [-0.2, 0) is 9.59 Å². The van der Waals surface area contributed by atoms with Crippen molar-refractivity contribution in [1.29, 1.82) is 0 Å². The maximum atomic E-state index is 12.4. The third kappa shape index (κ3) is 3.49. The Bertz CT molecular complexity index is 924. The molecule has 0 aliphatic carbocycles. The molecule has 2 atom stereocenters. The van der Waals surface area contributed by atoms with Crippen LogP contribution in [0.25, 0.3) is 5.65 Å². The van der Waals surface area contributed by atoms with Gasteiger partial charge in [0.1, 0.15) is 12.1 Å². The fourth-order valence-corrected chi connectivity index (χ4v) is 3.67. The number of carbonyl (C=O) groups is 2. The summed E-state index contributed by atoms with van der Waals surface area (Å²) >= 11 is 1.57. The second-order valence-electron chi connectivity index (χ2n) is 6.02. The molecule has 0 unspecified atom stereocenters. The summed E-state index contributed by atoms with van der Waals surface area (Å²) in [5, 5.41) is 24.8. The fourth-order valence-electron chi connectivity index (χ4n) is 2.97. The van der Waals surface area contributed by atoms with Gasteiger partial charge in [0.05, 0.1) is 18.6 Å². The molecule has 3 aromatic rings. The van der Waals surface area contributed by atoms with Crippen molar-refractivity contribution in [2.24, 2.45) is 0 Å². The monoisotopic (exact) mass is 371 g/mol. The van der Waals surface area contributed by atoms with Crippen molar-refractivity contribution in [3.63, 3.8) is 0 Å². The van der Waals surface area contributed by atoms with Gasteiger partial charge in [-0.2, -0.15) is 15.9 Å². The van der Waals surface area contributed by atoms with E-state index in [4.69, 9.17) is 0 Å². The quantitative estimate of drug-likeness (QED) is 0.609. The van der Waals surface area contributed by atoms with Crippen LogP contribution in [0.5, 0.6) is 0 Å². The van der Waals surface area contributed by atoms with Crippen LogP contribution in [0.1, 0.15) is 24.4 Å². The average Bonchev–Trinajstić information content (AvgIpc) is 3.32. The summed E-state index contributed by atoms with van der Waals surface area (Å²) in [7, 11) is 0. The van der Waals surface area contributed by atoms with E-state index in [0.29, 0.717) is 24.3 Å². The van der Waals surface area contributed by atoms with Gasteiger partial charge < -0.3 is 16.0 Å². The van der Waals surface area contributed by atoms with Crippen LogP contribution in [0, 0.1) is 0 Å². The summed E-state index contributed by atoms with van der Waals surface area (Å²) in [5.74, 6) is 0.409. The Kier molecular flexibility index (Phi) is 4.48. The second-order valence-corrected chi connectivity index (χ2v) is 6.80. The molecule has 4 rings (SSSR count). The zero-order chi connectivity index (χ0) is 17.9. The first-order chi connectivity index (χ1) is 12.7. The van der Waals surface area contributed by atoms with Crippen LogP contribution in [0.4, 0.5) is 5.82 Å². The summed E-state index contributed by atoms with van der Waals surface area (Å²) in [6.07, 6.45) is 2.52. The summed E-state index contributed by atoms with van der Waals surface area (Å²) in [6.45, 7) is 0.0848. The number of aromatic nitrogens is 4. The second kappa shape index (κ2) is 7.08. The van der Waals surface area contributed by atoms with Gasteiger partial charge >= 0.3 is 0 Å². The van der Waals surface area contributed by atoms with E-state index in [2.05, 4.69) is 31.2 Å². The Morgan fingerprint density at radius 1 is 1.38 bits per heavy atom. The van der Waals surface area contributed by atoms with Gasteiger partial charge in [-0.1, -0.05) is 0 Å². The van der Waals surface area contributed by atoms with E-state index >= 15 is 0 Å². The van der Waals surface area contributed by atoms with E-state index in [1.807, 2.05) is 16.8 Å². The van der Waals surface area contributed by atoms with E-state index in [0.717, 1.165) is 5.56 Å². The highest BCUT2D eigenvalue weighted by molar-refractivity contribution is 7.08. The van der Waals surface area contributed by atoms with Crippen LogP contribution < -0.4 is 16.0 Å². The number of piperidine rings is 1. The minimum absolute atomic E-state index is 0.0104. The molecule has 3 N–H and O–H groups in total. The molecule has 1 aliphatic heterocycles. The molecule has 9 nitrogen and oxygen atoms in total. The van der Waals surface area contributed by atoms with Gasteiger partial charge in [0.2, 0.25) is 11.8 Å². The van der Waals surface area contributed by atoms with Gasteiger partial charge in [0.15, 0.2) is 5.65 Å². The molecule has 1 fully saturated rings. The van der Waals surface area contributed by atoms with Crippen LogP contribution in [0.2, 0.25) is 0 Å². The van der Waals surface area contributed by atoms with E-state index in [-0.39, 0.29) is 30.4 Å². The number of anilines is 1. The Balaban J connectivity index is 1.37. The zero-order valence-electron chi connectivity index (χ0n) is 13.8. The van der Waals surface area contributed by atoms with Gasteiger partial charge in [-0.25, -0.2) is 0 Å². The van der Waals surface area contributed by atoms with Crippen molar-refractivity contribution in [2.45, 2.75) is 24.9 Å². The van der Waals surface area contributed by atoms with Crippen molar-refractivity contribution >= 4 is 34.6 Å². The lowest BCUT2D eigenvalue weighted by Crippen LogP contribution is -2.51. The van der Waals surface area contributed by atoms with Crippen molar-refractivity contribution in [3.8, 4) is 0 Å². The Morgan fingerprint density at radius 3 is 3.15 bits per heavy atom. The lowest BCUT2D eigenvalue weighted by Gasteiger charge is -2.32. The molecule has 0 saturated carbocycles. The summed E-state index contributed by atoms with van der Waals surface area (Å²) in [6, 6.07) is 5.15. The van der Waals surface area contributed by atoms with Gasteiger partial charge in [-0.15, -0.1) is 15.3 Å². The lowest BCUT2D eigenvalue weighted by molar-refractivity contribution is -0.126. The molecule has 0 spiro atoms. The molecule has 2 amide bonds. The number of carbonyl (C=O) groups excluding carboxylic acids is 2. The first-order valence-corrected chi connectivity index (χ1v) is 9.15. The Morgan fingerprint density at radius 2 is 2.31 bits per heavy atom. The molecule has 1 saturated heterocycles. The molecule has 0 bridgehead atoms. The van der Waals surface area contributed by atoms with E-state index < -0.39 is 0 Å². The van der Waals surface area contributed by atoms with Crippen molar-refractivity contribution < 1.29 is 9.59 Å².